The fourth-order valence-electron chi connectivity index (χ4n) is 0.148. The van der Waals surface area contributed by atoms with Crippen LogP contribution in [0.1, 0.15) is 6.92 Å². The Balaban J connectivity index is 2.34. The van der Waals surface area contributed by atoms with Crippen molar-refractivity contribution >= 4 is 0 Å². The first kappa shape index (κ1) is 5.88. The third-order valence-electron chi connectivity index (χ3n) is 0.311. The van der Waals surface area contributed by atoms with Crippen molar-refractivity contribution in [3.05, 3.63) is 0 Å². The molecule has 6 heavy (non-hydrogen) atoms. The van der Waals surface area contributed by atoms with Gasteiger partial charge in [0.25, 0.3) is 0 Å². The minimum Gasteiger partial charge on any atom is -0.379 e. The van der Waals surface area contributed by atoms with Crippen LogP contribution in [0.25, 0.3) is 0 Å². The molecular weight excluding hydrogens is 82.0 g/mol. The van der Waals surface area contributed by atoms with E-state index in [-0.39, 0.29) is 6.73 Å². The number of rotatable bonds is 3. The van der Waals surface area contributed by atoms with Crippen LogP contribution in [0.2, 0.25) is 0 Å². The molecule has 0 aliphatic heterocycles. The quantitative estimate of drug-likeness (QED) is 0.279. The van der Waals surface area contributed by atoms with Gasteiger partial charge in [0.05, 0.1) is 6.61 Å². The van der Waals surface area contributed by atoms with Crippen LogP contribution in [-0.4, -0.2) is 18.4 Å². The molecule has 0 amide bonds. The third-order valence-corrected chi connectivity index (χ3v) is 0.311. The van der Waals surface area contributed by atoms with Gasteiger partial charge >= 0.3 is 0 Å². The highest BCUT2D eigenvalue weighted by Gasteiger charge is 1.70. The van der Waals surface area contributed by atoms with E-state index in [1.807, 2.05) is 6.92 Å². The molecule has 0 aliphatic carbocycles. The lowest BCUT2D eigenvalue weighted by Crippen LogP contribution is -2.14. The summed E-state index contributed by atoms with van der Waals surface area (Å²) in [7, 11) is 0. The Hall–Kier alpha value is -0.120. The Kier molecular flexibility index (Phi) is 4.78. The van der Waals surface area contributed by atoms with E-state index in [0.29, 0.717) is 6.61 Å². The first-order chi connectivity index (χ1) is 2.91. The molecular formula is C3H9NO2. The van der Waals surface area contributed by atoms with Gasteiger partial charge in [0.1, 0.15) is 6.73 Å². The molecule has 0 fully saturated rings. The molecule has 3 heteroatoms. The third kappa shape index (κ3) is 3.88. The Bertz CT molecular complexity index is 20.8. The van der Waals surface area contributed by atoms with Crippen LogP contribution >= 0.6 is 0 Å². The van der Waals surface area contributed by atoms with Crippen LogP contribution in [0, 0.1) is 0 Å². The Morgan fingerprint density at radius 2 is 2.50 bits per heavy atom. The van der Waals surface area contributed by atoms with Crippen molar-refractivity contribution in [2.45, 2.75) is 6.92 Å². The van der Waals surface area contributed by atoms with Gasteiger partial charge in [0.2, 0.25) is 0 Å². The average molecular weight is 91.1 g/mol. The van der Waals surface area contributed by atoms with Gasteiger partial charge in [0, 0.05) is 0 Å². The second-order valence-electron chi connectivity index (χ2n) is 0.735. The number of hydroxylamine groups is 1. The average Bonchev–Trinajstić information content (AvgIpc) is 1.61. The summed E-state index contributed by atoms with van der Waals surface area (Å²) >= 11 is 0. The highest BCUT2D eigenvalue weighted by atomic mass is 16.7. The van der Waals surface area contributed by atoms with Gasteiger partial charge in [-0.3, -0.25) is 4.84 Å². The molecule has 0 saturated heterocycles. The Morgan fingerprint density at radius 3 is 2.67 bits per heavy atom. The molecule has 0 rings (SSSR count). The molecule has 2 N–H and O–H groups in total. The second kappa shape index (κ2) is 4.88. The van der Waals surface area contributed by atoms with Crippen molar-refractivity contribution in [2.75, 3.05) is 13.3 Å². The van der Waals surface area contributed by atoms with Crippen LogP contribution in [0.5, 0.6) is 0 Å². The van der Waals surface area contributed by atoms with Crippen molar-refractivity contribution in [1.82, 2.24) is 5.48 Å². The smallest absolute Gasteiger partial charge is 0.116 e. The first-order valence-corrected chi connectivity index (χ1v) is 1.87. The molecule has 3 nitrogen and oxygen atoms in total. The largest absolute Gasteiger partial charge is 0.379 e. The van der Waals surface area contributed by atoms with Gasteiger partial charge in [-0.2, -0.15) is 5.48 Å². The maximum Gasteiger partial charge on any atom is 0.116 e. The van der Waals surface area contributed by atoms with E-state index in [1.165, 1.54) is 0 Å². The van der Waals surface area contributed by atoms with Crippen molar-refractivity contribution in [2.24, 2.45) is 0 Å². The molecule has 0 heterocycles. The molecule has 0 bridgehead atoms. The fourth-order valence-corrected chi connectivity index (χ4v) is 0.148. The summed E-state index contributed by atoms with van der Waals surface area (Å²) < 4.78 is 0. The van der Waals surface area contributed by atoms with Crippen LogP contribution in [0.4, 0.5) is 0 Å². The van der Waals surface area contributed by atoms with Crippen LogP contribution in [-0.2, 0) is 4.84 Å². The zero-order valence-corrected chi connectivity index (χ0v) is 3.77. The van der Waals surface area contributed by atoms with Gasteiger partial charge < -0.3 is 5.11 Å². The van der Waals surface area contributed by atoms with Gasteiger partial charge in [0.15, 0.2) is 0 Å². The molecule has 0 unspecified atom stereocenters. The molecule has 0 aromatic heterocycles. The van der Waals surface area contributed by atoms with Gasteiger partial charge in [-0.1, -0.05) is 0 Å². The molecule has 0 aliphatic rings. The normalized spacial score (nSPS) is 9.00. The van der Waals surface area contributed by atoms with E-state index < -0.39 is 0 Å². The zero-order chi connectivity index (χ0) is 4.83. The van der Waals surface area contributed by atoms with Crippen LogP contribution in [0.3, 0.4) is 0 Å². The molecule has 38 valence electrons. The van der Waals surface area contributed by atoms with E-state index in [4.69, 9.17) is 5.11 Å². The van der Waals surface area contributed by atoms with Gasteiger partial charge in [-0.05, 0) is 6.92 Å². The first-order valence-electron chi connectivity index (χ1n) is 1.87. The van der Waals surface area contributed by atoms with E-state index >= 15 is 0 Å². The molecule has 0 atom stereocenters. The van der Waals surface area contributed by atoms with E-state index in [2.05, 4.69) is 10.3 Å². The predicted molar refractivity (Wildman–Crippen MR) is 21.8 cm³/mol. The minimum absolute atomic E-state index is 0.117. The van der Waals surface area contributed by atoms with Crippen LogP contribution < -0.4 is 5.48 Å². The van der Waals surface area contributed by atoms with Crippen LogP contribution in [0.15, 0.2) is 0 Å². The van der Waals surface area contributed by atoms with E-state index in [1.54, 1.807) is 0 Å². The molecule has 0 saturated carbocycles. The standard InChI is InChI=1S/C3H9NO2/c1-2-6-4-3-5/h4-5H,2-3H2,1H3. The maximum atomic E-state index is 7.96. The fraction of sp³-hybridized carbons (Fsp3) is 1.00. The van der Waals surface area contributed by atoms with E-state index in [0.717, 1.165) is 0 Å². The lowest BCUT2D eigenvalue weighted by atomic mass is 10.9. The topological polar surface area (TPSA) is 41.5 Å². The lowest BCUT2D eigenvalue weighted by Gasteiger charge is -1.93. The summed E-state index contributed by atoms with van der Waals surface area (Å²) in [5.74, 6) is 0. The van der Waals surface area contributed by atoms with E-state index in [9.17, 15) is 0 Å². The maximum absolute atomic E-state index is 7.96. The lowest BCUT2D eigenvalue weighted by molar-refractivity contribution is 0.00231. The molecule has 0 radical (unpaired) electrons. The minimum atomic E-state index is -0.117. The summed E-state index contributed by atoms with van der Waals surface area (Å²) in [6, 6.07) is 0. The Morgan fingerprint density at radius 1 is 1.83 bits per heavy atom. The zero-order valence-electron chi connectivity index (χ0n) is 3.77. The molecule has 0 spiro atoms. The summed E-state index contributed by atoms with van der Waals surface area (Å²) in [6.07, 6.45) is 0. The number of aliphatic hydroxyl groups excluding tert-OH is 1. The highest BCUT2D eigenvalue weighted by molar-refractivity contribution is 4.02. The number of hydrogen-bond donors (Lipinski definition) is 2. The summed E-state index contributed by atoms with van der Waals surface area (Å²) in [5.41, 5.74) is 2.25. The highest BCUT2D eigenvalue weighted by Crippen LogP contribution is 1.56. The summed E-state index contributed by atoms with van der Waals surface area (Å²) in [6.45, 7) is 2.30. The molecule has 0 aromatic rings. The summed E-state index contributed by atoms with van der Waals surface area (Å²) in [4.78, 5) is 4.48. The summed E-state index contributed by atoms with van der Waals surface area (Å²) in [5, 5.41) is 7.96. The van der Waals surface area contributed by atoms with Gasteiger partial charge in [-0.15, -0.1) is 0 Å². The number of nitrogens with one attached hydrogen (secondary N) is 1. The SMILES string of the molecule is CCONCO. The number of aliphatic hydroxyl groups is 1. The van der Waals surface area contributed by atoms with Crippen molar-refractivity contribution in [3.8, 4) is 0 Å². The van der Waals surface area contributed by atoms with Gasteiger partial charge in [-0.25, -0.2) is 0 Å². The van der Waals surface area contributed by atoms with Crippen molar-refractivity contribution < 1.29 is 9.94 Å². The van der Waals surface area contributed by atoms with Crippen molar-refractivity contribution in [1.29, 1.82) is 0 Å². The molecule has 0 aromatic carbocycles. The number of hydrogen-bond acceptors (Lipinski definition) is 3. The second-order valence-corrected chi connectivity index (χ2v) is 0.735. The van der Waals surface area contributed by atoms with Crippen molar-refractivity contribution in [3.63, 3.8) is 0 Å². The predicted octanol–water partition coefficient (Wildman–Crippen LogP) is -0.523. The monoisotopic (exact) mass is 91.1 g/mol. The Labute approximate surface area is 36.9 Å².